The Morgan fingerprint density at radius 3 is 1.80 bits per heavy atom. The SMILES string of the molecule is CC(C)(C)c1cc(Oc2nccc3ccsc23)cc(-c2cc(-c3cc(C(C)(C)C)cc4c3[nH]c3ccc(C(C)(C)C)cc34)cc(C(C)(C)C)c2)c1. The van der Waals surface area contributed by atoms with Gasteiger partial charge in [0.15, 0.2) is 0 Å². The highest BCUT2D eigenvalue weighted by Crippen LogP contribution is 2.43. The summed E-state index contributed by atoms with van der Waals surface area (Å²) in [4.78, 5) is 8.52. The first-order valence-corrected chi connectivity index (χ1v) is 19.1. The van der Waals surface area contributed by atoms with Gasteiger partial charge in [-0.2, -0.15) is 0 Å². The first kappa shape index (κ1) is 35.0. The minimum absolute atomic E-state index is 0.0224. The molecule has 7 aromatic rings. The van der Waals surface area contributed by atoms with Crippen LogP contribution in [-0.4, -0.2) is 9.97 Å². The molecule has 0 fully saturated rings. The Morgan fingerprint density at radius 1 is 0.549 bits per heavy atom. The van der Waals surface area contributed by atoms with E-state index in [2.05, 4.69) is 171 Å². The molecule has 0 aliphatic carbocycles. The molecule has 0 aliphatic rings. The van der Waals surface area contributed by atoms with Gasteiger partial charge in [-0.1, -0.05) is 107 Å². The van der Waals surface area contributed by atoms with Crippen molar-refractivity contribution in [2.75, 3.05) is 0 Å². The summed E-state index contributed by atoms with van der Waals surface area (Å²) in [5.74, 6) is 1.45. The van der Waals surface area contributed by atoms with Gasteiger partial charge in [-0.3, -0.25) is 0 Å². The normalized spacial score (nSPS) is 13.1. The van der Waals surface area contributed by atoms with Crippen molar-refractivity contribution >= 4 is 43.2 Å². The zero-order chi connectivity index (χ0) is 36.7. The number of H-pyrrole nitrogens is 1. The number of benzene rings is 4. The lowest BCUT2D eigenvalue weighted by molar-refractivity contribution is 0.467. The Hall–Kier alpha value is -4.41. The molecule has 7 rings (SSSR count). The van der Waals surface area contributed by atoms with Crippen LogP contribution in [0.2, 0.25) is 0 Å². The fourth-order valence-electron chi connectivity index (χ4n) is 6.82. The molecule has 4 heteroatoms. The minimum atomic E-state index is -0.0789. The van der Waals surface area contributed by atoms with Crippen LogP contribution in [0, 0.1) is 0 Å². The lowest BCUT2D eigenvalue weighted by Crippen LogP contribution is -2.13. The van der Waals surface area contributed by atoms with E-state index in [9.17, 15) is 0 Å². The number of nitrogens with one attached hydrogen (secondary N) is 1. The molecule has 0 amide bonds. The Labute approximate surface area is 308 Å². The molecule has 0 aliphatic heterocycles. The molecule has 0 saturated carbocycles. The van der Waals surface area contributed by atoms with Crippen molar-refractivity contribution in [2.24, 2.45) is 0 Å². The van der Waals surface area contributed by atoms with E-state index in [0.717, 1.165) is 21.4 Å². The van der Waals surface area contributed by atoms with Crippen LogP contribution in [0.1, 0.15) is 105 Å². The molecular weight excluding hydrogens is 641 g/mol. The maximum Gasteiger partial charge on any atom is 0.237 e. The van der Waals surface area contributed by atoms with Crippen LogP contribution in [0.25, 0.3) is 54.1 Å². The molecular formula is C47H52N2OS. The van der Waals surface area contributed by atoms with E-state index in [-0.39, 0.29) is 21.7 Å². The Balaban J connectivity index is 1.47. The summed E-state index contributed by atoms with van der Waals surface area (Å²) in [6, 6.07) is 29.8. The second kappa shape index (κ2) is 12.1. The van der Waals surface area contributed by atoms with Crippen molar-refractivity contribution < 1.29 is 4.74 Å². The van der Waals surface area contributed by atoms with Gasteiger partial charge < -0.3 is 9.72 Å². The standard InChI is InChI=1S/C47H52N2OS/c1-44(2,3)32-13-14-40-38(25-32)39-27-35(47(10,11)12)26-37(41(39)49-40)31-19-29(20-33(22-31)45(4,5)6)30-21-34(46(7,8)9)24-36(23-30)50-43-42-28(15-17-48-43)16-18-51-42/h13-27,49H,1-12H3. The molecule has 0 atom stereocenters. The van der Waals surface area contributed by atoms with Crippen molar-refractivity contribution in [2.45, 2.75) is 105 Å². The van der Waals surface area contributed by atoms with Crippen molar-refractivity contribution in [3.05, 3.63) is 113 Å². The minimum Gasteiger partial charge on any atom is -0.438 e. The van der Waals surface area contributed by atoms with Crippen LogP contribution in [0.3, 0.4) is 0 Å². The third kappa shape index (κ3) is 6.83. The summed E-state index contributed by atoms with van der Waals surface area (Å²) in [6.07, 6.45) is 1.83. The smallest absolute Gasteiger partial charge is 0.237 e. The largest absolute Gasteiger partial charge is 0.438 e. The molecule has 3 aromatic heterocycles. The second-order valence-electron chi connectivity index (χ2n) is 18.4. The Kier molecular flexibility index (Phi) is 8.30. The van der Waals surface area contributed by atoms with Crippen LogP contribution in [0.15, 0.2) is 90.4 Å². The average molecular weight is 693 g/mol. The van der Waals surface area contributed by atoms with Crippen LogP contribution < -0.4 is 4.74 Å². The first-order chi connectivity index (χ1) is 23.8. The van der Waals surface area contributed by atoms with Crippen molar-refractivity contribution in [3.63, 3.8) is 0 Å². The van der Waals surface area contributed by atoms with E-state index in [4.69, 9.17) is 4.74 Å². The van der Waals surface area contributed by atoms with E-state index >= 15 is 0 Å². The van der Waals surface area contributed by atoms with Gasteiger partial charge in [0.05, 0.1) is 10.2 Å². The second-order valence-corrected chi connectivity index (χ2v) is 19.4. The molecule has 3 nitrogen and oxygen atoms in total. The van der Waals surface area contributed by atoms with Crippen molar-refractivity contribution in [1.29, 1.82) is 0 Å². The zero-order valence-electron chi connectivity index (χ0n) is 32.4. The van der Waals surface area contributed by atoms with E-state index in [1.165, 1.54) is 60.8 Å². The van der Waals surface area contributed by atoms with E-state index in [0.29, 0.717) is 5.88 Å². The molecule has 0 radical (unpaired) electrons. The zero-order valence-corrected chi connectivity index (χ0v) is 33.2. The molecule has 4 aromatic carbocycles. The van der Waals surface area contributed by atoms with Gasteiger partial charge in [0.1, 0.15) is 5.75 Å². The number of rotatable bonds is 4. The third-order valence-corrected chi connectivity index (χ3v) is 11.1. The maximum absolute atomic E-state index is 6.63. The fourth-order valence-corrected chi connectivity index (χ4v) is 7.64. The van der Waals surface area contributed by atoms with Crippen LogP contribution in [-0.2, 0) is 21.7 Å². The number of aromatic amines is 1. The molecule has 0 saturated heterocycles. The summed E-state index contributed by atoms with van der Waals surface area (Å²) in [7, 11) is 0. The highest BCUT2D eigenvalue weighted by molar-refractivity contribution is 7.17. The highest BCUT2D eigenvalue weighted by atomic mass is 32.1. The Bertz CT molecular complexity index is 2430. The lowest BCUT2D eigenvalue weighted by Gasteiger charge is -2.25. The number of aromatic nitrogens is 2. The number of thiophene rings is 1. The van der Waals surface area contributed by atoms with Crippen LogP contribution in [0.4, 0.5) is 0 Å². The Morgan fingerprint density at radius 2 is 1.14 bits per heavy atom. The molecule has 3 heterocycles. The molecule has 262 valence electrons. The van der Waals surface area contributed by atoms with Gasteiger partial charge in [-0.15, -0.1) is 11.3 Å². The van der Waals surface area contributed by atoms with Crippen LogP contribution in [0.5, 0.6) is 11.6 Å². The topological polar surface area (TPSA) is 37.9 Å². The van der Waals surface area contributed by atoms with Crippen molar-refractivity contribution in [1.82, 2.24) is 9.97 Å². The summed E-state index contributed by atoms with van der Waals surface area (Å²) >= 11 is 1.66. The molecule has 0 spiro atoms. The fraction of sp³-hybridized carbons (Fsp3) is 0.340. The number of pyridine rings is 1. The molecule has 0 unspecified atom stereocenters. The summed E-state index contributed by atoms with van der Waals surface area (Å²) in [5.41, 5.74) is 12.2. The van der Waals surface area contributed by atoms with Gasteiger partial charge in [-0.05, 0) is 126 Å². The van der Waals surface area contributed by atoms with Gasteiger partial charge >= 0.3 is 0 Å². The molecule has 0 bridgehead atoms. The summed E-state index contributed by atoms with van der Waals surface area (Å²) in [5, 5.41) is 5.81. The van der Waals surface area contributed by atoms with Crippen molar-refractivity contribution in [3.8, 4) is 33.9 Å². The van der Waals surface area contributed by atoms with Gasteiger partial charge in [-0.25, -0.2) is 4.98 Å². The monoisotopic (exact) mass is 692 g/mol. The van der Waals surface area contributed by atoms with Gasteiger partial charge in [0.2, 0.25) is 5.88 Å². The summed E-state index contributed by atoms with van der Waals surface area (Å²) in [6.45, 7) is 27.5. The van der Waals surface area contributed by atoms with Crippen LogP contribution >= 0.6 is 11.3 Å². The maximum atomic E-state index is 6.63. The van der Waals surface area contributed by atoms with E-state index < -0.39 is 0 Å². The first-order valence-electron chi connectivity index (χ1n) is 18.2. The predicted molar refractivity (Wildman–Crippen MR) is 221 cm³/mol. The van der Waals surface area contributed by atoms with E-state index in [1.54, 1.807) is 11.3 Å². The lowest BCUT2D eigenvalue weighted by atomic mass is 9.80. The predicted octanol–water partition coefficient (Wildman–Crippen LogP) is 14.2. The van der Waals surface area contributed by atoms with Gasteiger partial charge in [0.25, 0.3) is 0 Å². The van der Waals surface area contributed by atoms with E-state index in [1.807, 2.05) is 12.3 Å². The third-order valence-electron chi connectivity index (χ3n) is 10.2. The quantitative estimate of drug-likeness (QED) is 0.199. The number of fused-ring (bicyclic) bond motifs is 4. The van der Waals surface area contributed by atoms with Gasteiger partial charge in [0, 0.05) is 28.0 Å². The highest BCUT2D eigenvalue weighted by Gasteiger charge is 2.24. The molecule has 1 N–H and O–H groups in total. The molecule has 51 heavy (non-hydrogen) atoms. The number of hydrogen-bond donors (Lipinski definition) is 1. The number of hydrogen-bond acceptors (Lipinski definition) is 3. The number of ether oxygens (including phenoxy) is 1. The summed E-state index contributed by atoms with van der Waals surface area (Å²) < 4.78 is 7.70. The average Bonchev–Trinajstić information content (AvgIpc) is 3.67. The number of nitrogens with zero attached hydrogens (tertiary/aromatic N) is 1.